The largest absolute Gasteiger partial charge is 0.340 e. The van der Waals surface area contributed by atoms with Crippen LogP contribution >= 0.6 is 0 Å². The first-order chi connectivity index (χ1) is 15.3. The number of benzene rings is 2. The minimum absolute atomic E-state index is 1.12. The number of nitrogens with zero attached hydrogens (tertiary/aromatic N) is 1. The van der Waals surface area contributed by atoms with E-state index in [-0.39, 0.29) is 0 Å². The lowest BCUT2D eigenvalue weighted by Crippen LogP contribution is -1.97. The van der Waals surface area contributed by atoms with Crippen molar-refractivity contribution in [3.8, 4) is 0 Å². The molecule has 168 valence electrons. The highest BCUT2D eigenvalue weighted by atomic mass is 15.0. The summed E-state index contributed by atoms with van der Waals surface area (Å²) in [5, 5.41) is 2.73. The van der Waals surface area contributed by atoms with Crippen molar-refractivity contribution in [2.45, 2.75) is 103 Å². The highest BCUT2D eigenvalue weighted by Gasteiger charge is 2.10. The molecule has 3 rings (SSSR count). The van der Waals surface area contributed by atoms with Gasteiger partial charge in [-0.2, -0.15) is 0 Å². The predicted octanol–water partition coefficient (Wildman–Crippen LogP) is 9.92. The van der Waals surface area contributed by atoms with Crippen molar-refractivity contribution in [2.24, 2.45) is 0 Å². The number of rotatable bonds is 16. The Morgan fingerprint density at radius 1 is 0.645 bits per heavy atom. The molecule has 1 heterocycles. The molecule has 1 nitrogen and oxygen atoms in total. The maximum absolute atomic E-state index is 3.94. The summed E-state index contributed by atoms with van der Waals surface area (Å²) < 4.78 is 2.53. The van der Waals surface area contributed by atoms with Gasteiger partial charge in [0.15, 0.2) is 0 Å². The molecule has 0 fully saturated rings. The summed E-state index contributed by atoms with van der Waals surface area (Å²) >= 11 is 0. The quantitative estimate of drug-likeness (QED) is 0.204. The predicted molar refractivity (Wildman–Crippen MR) is 140 cm³/mol. The fourth-order valence-electron chi connectivity index (χ4n) is 4.90. The molecular formula is C30H43N. The molecular weight excluding hydrogens is 374 g/mol. The van der Waals surface area contributed by atoms with Crippen molar-refractivity contribution in [1.29, 1.82) is 0 Å². The molecule has 0 unspecified atom stereocenters. The summed E-state index contributed by atoms with van der Waals surface area (Å²) in [4.78, 5) is 0. The molecule has 31 heavy (non-hydrogen) atoms. The third-order valence-corrected chi connectivity index (χ3v) is 6.77. The van der Waals surface area contributed by atoms with Crippen LogP contribution in [0.3, 0.4) is 0 Å². The van der Waals surface area contributed by atoms with Crippen LogP contribution in [-0.2, 0) is 6.54 Å². The zero-order valence-corrected chi connectivity index (χ0v) is 19.9. The van der Waals surface area contributed by atoms with E-state index in [0.717, 1.165) is 6.54 Å². The van der Waals surface area contributed by atoms with Gasteiger partial charge in [0, 0.05) is 28.4 Å². The number of hydrogen-bond donors (Lipinski definition) is 0. The topological polar surface area (TPSA) is 4.93 Å². The van der Waals surface area contributed by atoms with E-state index >= 15 is 0 Å². The second-order valence-corrected chi connectivity index (χ2v) is 9.25. The van der Waals surface area contributed by atoms with Gasteiger partial charge in [0.2, 0.25) is 0 Å². The van der Waals surface area contributed by atoms with E-state index in [4.69, 9.17) is 0 Å². The molecule has 0 aliphatic carbocycles. The number of para-hydroxylation sites is 1. The number of unbranched alkanes of at least 4 members (excludes halogenated alkanes) is 13. The molecule has 0 aliphatic heterocycles. The van der Waals surface area contributed by atoms with E-state index in [0.29, 0.717) is 0 Å². The summed E-state index contributed by atoms with van der Waals surface area (Å²) in [7, 11) is 0. The van der Waals surface area contributed by atoms with Gasteiger partial charge < -0.3 is 4.57 Å². The first-order valence-electron chi connectivity index (χ1n) is 13.0. The zero-order chi connectivity index (χ0) is 21.7. The monoisotopic (exact) mass is 417 g/mol. The van der Waals surface area contributed by atoms with E-state index in [1.165, 1.54) is 117 Å². The molecule has 0 saturated heterocycles. The molecule has 1 heteroatoms. The van der Waals surface area contributed by atoms with Crippen molar-refractivity contribution >= 4 is 27.9 Å². The Morgan fingerprint density at radius 2 is 1.19 bits per heavy atom. The molecule has 0 amide bonds. The van der Waals surface area contributed by atoms with Crippen molar-refractivity contribution in [2.75, 3.05) is 0 Å². The van der Waals surface area contributed by atoms with Gasteiger partial charge in [0.25, 0.3) is 0 Å². The molecule has 0 spiro atoms. The molecule has 3 aromatic rings. The lowest BCUT2D eigenvalue weighted by molar-refractivity contribution is 0.528. The van der Waals surface area contributed by atoms with Crippen LogP contribution in [0, 0.1) is 0 Å². The number of aryl methyl sites for hydroxylation is 1. The van der Waals surface area contributed by atoms with Crippen LogP contribution in [0.15, 0.2) is 49.0 Å². The Hall–Kier alpha value is -2.02. The standard InChI is InChI=1S/C30H43N/c1-3-5-6-7-8-9-10-11-12-13-14-15-16-19-24-31-29-21-18-17-20-27(29)28-25-26(4-2)22-23-30(28)31/h4,17-18,20-23,25H,2-3,5-16,19,24H2,1H3. The molecule has 0 aliphatic rings. The van der Waals surface area contributed by atoms with Crippen LogP contribution in [0.4, 0.5) is 0 Å². The Morgan fingerprint density at radius 3 is 1.81 bits per heavy atom. The highest BCUT2D eigenvalue weighted by molar-refractivity contribution is 6.08. The Kier molecular flexibility index (Phi) is 10.2. The minimum Gasteiger partial charge on any atom is -0.340 e. The third-order valence-electron chi connectivity index (χ3n) is 6.77. The first-order valence-corrected chi connectivity index (χ1v) is 13.0. The SMILES string of the molecule is C=Cc1ccc2c(c1)c1ccccc1n2CCCCCCCCCCCCCCCC. The normalized spacial score (nSPS) is 11.5. The minimum atomic E-state index is 1.12. The van der Waals surface area contributed by atoms with Gasteiger partial charge in [-0.25, -0.2) is 0 Å². The summed E-state index contributed by atoms with van der Waals surface area (Å²) in [5.41, 5.74) is 3.93. The molecule has 0 radical (unpaired) electrons. The smallest absolute Gasteiger partial charge is 0.0491 e. The lowest BCUT2D eigenvalue weighted by Gasteiger charge is -2.08. The maximum Gasteiger partial charge on any atom is 0.0491 e. The summed E-state index contributed by atoms with van der Waals surface area (Å²) in [6.45, 7) is 7.35. The highest BCUT2D eigenvalue weighted by Crippen LogP contribution is 2.30. The third kappa shape index (κ3) is 6.99. The second-order valence-electron chi connectivity index (χ2n) is 9.25. The number of fused-ring (bicyclic) bond motifs is 3. The molecule has 2 aromatic carbocycles. The van der Waals surface area contributed by atoms with E-state index in [1.54, 1.807) is 0 Å². The van der Waals surface area contributed by atoms with Crippen molar-refractivity contribution in [3.05, 3.63) is 54.6 Å². The summed E-state index contributed by atoms with van der Waals surface area (Å²) in [6, 6.07) is 15.6. The van der Waals surface area contributed by atoms with Crippen LogP contribution in [0.5, 0.6) is 0 Å². The molecule has 0 saturated carbocycles. The Labute approximate surface area is 190 Å². The van der Waals surface area contributed by atoms with Gasteiger partial charge in [-0.05, 0) is 30.2 Å². The fourth-order valence-corrected chi connectivity index (χ4v) is 4.90. The maximum atomic E-state index is 3.94. The average Bonchev–Trinajstić information content (AvgIpc) is 3.12. The van der Waals surface area contributed by atoms with Crippen molar-refractivity contribution < 1.29 is 0 Å². The van der Waals surface area contributed by atoms with Gasteiger partial charge in [0.1, 0.15) is 0 Å². The van der Waals surface area contributed by atoms with Crippen LogP contribution in [0.25, 0.3) is 27.9 Å². The van der Waals surface area contributed by atoms with Gasteiger partial charge >= 0.3 is 0 Å². The number of aromatic nitrogens is 1. The van der Waals surface area contributed by atoms with E-state index in [2.05, 4.69) is 60.5 Å². The van der Waals surface area contributed by atoms with E-state index < -0.39 is 0 Å². The van der Waals surface area contributed by atoms with Gasteiger partial charge in [-0.3, -0.25) is 0 Å². The first kappa shape index (κ1) is 23.6. The summed E-state index contributed by atoms with van der Waals surface area (Å²) in [5.74, 6) is 0. The Bertz CT molecular complexity index is 917. The van der Waals surface area contributed by atoms with Crippen LogP contribution in [-0.4, -0.2) is 4.57 Å². The van der Waals surface area contributed by atoms with Crippen molar-refractivity contribution in [1.82, 2.24) is 4.57 Å². The second kappa shape index (κ2) is 13.4. The fraction of sp³-hybridized carbons (Fsp3) is 0.533. The van der Waals surface area contributed by atoms with Crippen molar-refractivity contribution in [3.63, 3.8) is 0 Å². The van der Waals surface area contributed by atoms with Gasteiger partial charge in [-0.15, -0.1) is 0 Å². The zero-order valence-electron chi connectivity index (χ0n) is 19.9. The Balaban J connectivity index is 1.34. The lowest BCUT2D eigenvalue weighted by atomic mass is 10.0. The molecule has 0 N–H and O–H groups in total. The average molecular weight is 418 g/mol. The molecule has 0 atom stereocenters. The van der Waals surface area contributed by atoms with Gasteiger partial charge in [-0.1, -0.05) is 127 Å². The van der Waals surface area contributed by atoms with Gasteiger partial charge in [0.05, 0.1) is 0 Å². The summed E-state index contributed by atoms with van der Waals surface area (Å²) in [6.07, 6.45) is 21.7. The number of hydrogen-bond acceptors (Lipinski definition) is 0. The van der Waals surface area contributed by atoms with E-state index in [1.807, 2.05) is 6.08 Å². The van der Waals surface area contributed by atoms with E-state index in [9.17, 15) is 0 Å². The van der Waals surface area contributed by atoms with Crippen LogP contribution in [0.2, 0.25) is 0 Å². The van der Waals surface area contributed by atoms with Crippen LogP contribution in [0.1, 0.15) is 102 Å². The molecule has 1 aromatic heterocycles. The molecule has 0 bridgehead atoms. The van der Waals surface area contributed by atoms with Crippen LogP contribution < -0.4 is 0 Å².